The van der Waals surface area contributed by atoms with Crippen LogP contribution in [0.25, 0.3) is 0 Å². The summed E-state index contributed by atoms with van der Waals surface area (Å²) in [6.07, 6.45) is 2.81. The van der Waals surface area contributed by atoms with Crippen LogP contribution in [0.5, 0.6) is 0 Å². The third-order valence-electron chi connectivity index (χ3n) is 5.75. The number of carbonyl (C=O) groups excluding carboxylic acids is 3. The third-order valence-corrected chi connectivity index (χ3v) is 5.75. The summed E-state index contributed by atoms with van der Waals surface area (Å²) in [7, 11) is 1.26. The summed E-state index contributed by atoms with van der Waals surface area (Å²) in [6, 6.07) is 5.60. The van der Waals surface area contributed by atoms with Crippen LogP contribution in [0.1, 0.15) is 65.0 Å². The third kappa shape index (κ3) is 5.30. The number of ether oxygens (including phenoxy) is 1. The van der Waals surface area contributed by atoms with Gasteiger partial charge >= 0.3 is 11.7 Å². The Bertz CT molecular complexity index is 1220. The summed E-state index contributed by atoms with van der Waals surface area (Å²) in [5, 5.41) is 0. The van der Waals surface area contributed by atoms with E-state index in [0.29, 0.717) is 5.56 Å². The second-order valence-electron chi connectivity index (χ2n) is 8.76. The number of hydrogen-bond acceptors (Lipinski definition) is 7. The Hall–Kier alpha value is -3.49. The second kappa shape index (κ2) is 9.97. The second-order valence-corrected chi connectivity index (χ2v) is 8.76. The Morgan fingerprint density at radius 2 is 1.76 bits per heavy atom. The van der Waals surface area contributed by atoms with Crippen LogP contribution < -0.4 is 17.0 Å². The molecule has 0 fully saturated rings. The number of carbonyl (C=O) groups is 3. The van der Waals surface area contributed by atoms with E-state index in [-0.39, 0.29) is 42.5 Å². The molecule has 2 aromatic rings. The van der Waals surface area contributed by atoms with Crippen molar-refractivity contribution in [2.45, 2.75) is 52.5 Å². The molecule has 1 aromatic carbocycles. The maximum atomic E-state index is 12.6. The van der Waals surface area contributed by atoms with Crippen molar-refractivity contribution in [3.05, 3.63) is 61.3 Å². The van der Waals surface area contributed by atoms with Gasteiger partial charge in [-0.1, -0.05) is 26.0 Å². The fraction of sp³-hybridized carbons (Fsp3) is 0.458. The molecule has 1 heterocycles. The van der Waals surface area contributed by atoms with Gasteiger partial charge in [0, 0.05) is 25.6 Å². The molecule has 1 aliphatic rings. The maximum absolute atomic E-state index is 12.6. The van der Waals surface area contributed by atoms with Gasteiger partial charge in [0.1, 0.15) is 11.4 Å². The van der Waals surface area contributed by atoms with Crippen LogP contribution in [0, 0.1) is 5.92 Å². The molecule has 33 heavy (non-hydrogen) atoms. The molecule has 0 amide bonds. The van der Waals surface area contributed by atoms with Crippen LogP contribution in [0.3, 0.4) is 0 Å². The summed E-state index contributed by atoms with van der Waals surface area (Å²) >= 11 is 0. The quantitative estimate of drug-likeness (QED) is 0.449. The highest BCUT2D eigenvalue weighted by Crippen LogP contribution is 2.23. The predicted octanol–water partition coefficient (Wildman–Crippen LogP) is 1.66. The van der Waals surface area contributed by atoms with E-state index in [1.165, 1.54) is 18.2 Å². The minimum atomic E-state index is -0.842. The average molecular weight is 456 g/mol. The number of aryl methyl sites for hydroxylation is 2. The van der Waals surface area contributed by atoms with Gasteiger partial charge in [-0.05, 0) is 42.4 Å². The fourth-order valence-electron chi connectivity index (χ4n) is 3.98. The summed E-state index contributed by atoms with van der Waals surface area (Å²) in [5.41, 5.74) is 7.09. The van der Waals surface area contributed by atoms with Crippen molar-refractivity contribution >= 4 is 23.4 Å². The number of nitrogens with two attached hydrogens (primary N) is 1. The normalized spacial score (nSPS) is 12.6. The smallest absolute Gasteiger partial charge is 0.332 e. The van der Waals surface area contributed by atoms with E-state index < -0.39 is 29.6 Å². The summed E-state index contributed by atoms with van der Waals surface area (Å²) < 4.78 is 6.96. The van der Waals surface area contributed by atoms with E-state index >= 15 is 0 Å². The van der Waals surface area contributed by atoms with Gasteiger partial charge < -0.3 is 10.5 Å². The number of aromatic nitrogens is 2. The Labute approximate surface area is 191 Å². The zero-order chi connectivity index (χ0) is 24.3. The van der Waals surface area contributed by atoms with Crippen molar-refractivity contribution in [3.8, 4) is 0 Å². The largest absolute Gasteiger partial charge is 0.457 e. The minimum absolute atomic E-state index is 0.0466. The minimum Gasteiger partial charge on any atom is -0.457 e. The van der Waals surface area contributed by atoms with Crippen LogP contribution in [0.2, 0.25) is 0 Å². The molecule has 1 aromatic heterocycles. The highest BCUT2D eigenvalue weighted by atomic mass is 16.5. The van der Waals surface area contributed by atoms with Gasteiger partial charge in [0.25, 0.3) is 5.56 Å². The first-order valence-corrected chi connectivity index (χ1v) is 11.0. The van der Waals surface area contributed by atoms with Crippen molar-refractivity contribution in [2.75, 3.05) is 12.3 Å². The first-order chi connectivity index (χ1) is 15.6. The highest BCUT2D eigenvalue weighted by molar-refractivity contribution is 6.01. The number of nitrogens with zero attached hydrogens (tertiary/aromatic N) is 2. The zero-order valence-electron chi connectivity index (χ0n) is 19.2. The number of hydrogen-bond donors (Lipinski definition) is 1. The van der Waals surface area contributed by atoms with Crippen molar-refractivity contribution < 1.29 is 19.1 Å². The summed E-state index contributed by atoms with van der Waals surface area (Å²) in [6.45, 7) is 3.25. The molecule has 0 saturated heterocycles. The van der Waals surface area contributed by atoms with E-state index in [1.54, 1.807) is 6.07 Å². The molecule has 0 saturated carbocycles. The lowest BCUT2D eigenvalue weighted by Gasteiger charge is -2.16. The molecule has 0 radical (unpaired) electrons. The van der Waals surface area contributed by atoms with Gasteiger partial charge in [-0.2, -0.15) is 0 Å². The topological polar surface area (TPSA) is 130 Å². The molecule has 2 N–H and O–H groups in total. The maximum Gasteiger partial charge on any atom is 0.332 e. The number of Topliss-reactive ketones (excluding diaryl/α,β-unsaturated/α-hetero) is 2. The molecule has 9 heteroatoms. The number of fused-ring (bicyclic) bond motifs is 1. The van der Waals surface area contributed by atoms with Crippen LogP contribution >= 0.6 is 0 Å². The molecule has 9 nitrogen and oxygen atoms in total. The number of esters is 1. The van der Waals surface area contributed by atoms with Gasteiger partial charge in [0.05, 0.1) is 6.42 Å². The molecule has 0 aliphatic heterocycles. The van der Waals surface area contributed by atoms with E-state index in [9.17, 15) is 24.0 Å². The van der Waals surface area contributed by atoms with Gasteiger partial charge in [-0.25, -0.2) is 4.79 Å². The first kappa shape index (κ1) is 24.2. The van der Waals surface area contributed by atoms with Crippen LogP contribution in [0.4, 0.5) is 5.82 Å². The lowest BCUT2D eigenvalue weighted by atomic mass is 10.0. The number of rotatable bonds is 9. The Kier molecular flexibility index (Phi) is 7.30. The first-order valence-electron chi connectivity index (χ1n) is 11.0. The molecule has 0 spiro atoms. The van der Waals surface area contributed by atoms with Crippen molar-refractivity contribution in [1.29, 1.82) is 0 Å². The molecule has 1 aliphatic carbocycles. The van der Waals surface area contributed by atoms with E-state index in [0.717, 1.165) is 28.4 Å². The zero-order valence-corrected chi connectivity index (χ0v) is 19.2. The van der Waals surface area contributed by atoms with Gasteiger partial charge in [-0.15, -0.1) is 0 Å². The number of ketones is 2. The molecular formula is C24H29N3O6. The van der Waals surface area contributed by atoms with Crippen LogP contribution in [-0.2, 0) is 36.0 Å². The number of benzene rings is 1. The molecule has 0 atom stereocenters. The predicted molar refractivity (Wildman–Crippen MR) is 123 cm³/mol. The fourth-order valence-corrected chi connectivity index (χ4v) is 3.98. The summed E-state index contributed by atoms with van der Waals surface area (Å²) in [5.74, 6) is -1.91. The lowest BCUT2D eigenvalue weighted by molar-refractivity contribution is -0.142. The van der Waals surface area contributed by atoms with Gasteiger partial charge in [-0.3, -0.25) is 28.3 Å². The lowest BCUT2D eigenvalue weighted by Crippen LogP contribution is -2.43. The molecule has 0 unspecified atom stereocenters. The Morgan fingerprint density at radius 3 is 2.45 bits per heavy atom. The average Bonchev–Trinajstić information content (AvgIpc) is 3.25. The molecule has 176 valence electrons. The van der Waals surface area contributed by atoms with Crippen molar-refractivity contribution in [3.63, 3.8) is 0 Å². The van der Waals surface area contributed by atoms with E-state index in [1.807, 2.05) is 26.0 Å². The standard InChI is InChI=1S/C24H29N3O6/c1-14(2)12-27-22(25)21(23(31)26(3)24(27)32)19(29)13-33-20(30)10-9-18(28)17-8-7-15-5-4-6-16(15)11-17/h7-8,11,14H,4-6,9-10,12-13,25H2,1-3H3. The summed E-state index contributed by atoms with van der Waals surface area (Å²) in [4.78, 5) is 61.9. The highest BCUT2D eigenvalue weighted by Gasteiger charge is 2.23. The van der Waals surface area contributed by atoms with Crippen LogP contribution in [-0.4, -0.2) is 33.3 Å². The van der Waals surface area contributed by atoms with Crippen molar-refractivity contribution in [1.82, 2.24) is 9.13 Å². The van der Waals surface area contributed by atoms with Gasteiger partial charge in [0.2, 0.25) is 5.78 Å². The van der Waals surface area contributed by atoms with E-state index in [4.69, 9.17) is 10.5 Å². The molecular weight excluding hydrogens is 426 g/mol. The SMILES string of the molecule is CC(C)Cn1c(N)c(C(=O)COC(=O)CCC(=O)c2ccc3c(c2)CCC3)c(=O)n(C)c1=O. The molecule has 0 bridgehead atoms. The number of anilines is 1. The van der Waals surface area contributed by atoms with Crippen LogP contribution in [0.15, 0.2) is 27.8 Å². The Morgan fingerprint density at radius 1 is 1.06 bits per heavy atom. The Balaban J connectivity index is 1.62. The molecule has 3 rings (SSSR count). The van der Waals surface area contributed by atoms with E-state index in [2.05, 4.69) is 0 Å². The number of nitrogen functional groups attached to an aromatic ring is 1. The van der Waals surface area contributed by atoms with Crippen molar-refractivity contribution in [2.24, 2.45) is 13.0 Å². The van der Waals surface area contributed by atoms with Gasteiger partial charge in [0.15, 0.2) is 12.4 Å². The monoisotopic (exact) mass is 455 g/mol.